The van der Waals surface area contributed by atoms with Crippen LogP contribution in [0.2, 0.25) is 5.02 Å². The van der Waals surface area contributed by atoms with Crippen LogP contribution < -0.4 is 5.32 Å². The molecular weight excluding hydrogens is 396 g/mol. The van der Waals surface area contributed by atoms with Gasteiger partial charge in [-0.2, -0.15) is 4.31 Å². The zero-order chi connectivity index (χ0) is 18.6. The SMILES string of the molecule is O=C(Cc1ccccc1Cl)NCc1ccc(S(=O)(=O)N2CCOCC2)s1. The lowest BCUT2D eigenvalue weighted by atomic mass is 10.1. The quantitative estimate of drug-likeness (QED) is 0.786. The van der Waals surface area contributed by atoms with Crippen LogP contribution in [0.15, 0.2) is 40.6 Å². The summed E-state index contributed by atoms with van der Waals surface area (Å²) in [6.07, 6.45) is 0.185. The van der Waals surface area contributed by atoms with Crippen molar-refractivity contribution in [2.24, 2.45) is 0 Å². The van der Waals surface area contributed by atoms with E-state index in [9.17, 15) is 13.2 Å². The lowest BCUT2D eigenvalue weighted by Crippen LogP contribution is -2.40. The van der Waals surface area contributed by atoms with Gasteiger partial charge in [0.1, 0.15) is 4.21 Å². The fraction of sp³-hybridized carbons (Fsp3) is 0.353. The molecule has 0 spiro atoms. The molecule has 0 saturated carbocycles. The second kappa shape index (κ2) is 8.49. The summed E-state index contributed by atoms with van der Waals surface area (Å²) in [7, 11) is -3.49. The highest BCUT2D eigenvalue weighted by molar-refractivity contribution is 7.91. The second-order valence-electron chi connectivity index (χ2n) is 5.78. The van der Waals surface area contributed by atoms with Crippen LogP contribution in [0.3, 0.4) is 0 Å². The predicted molar refractivity (Wildman–Crippen MR) is 101 cm³/mol. The van der Waals surface area contributed by atoms with Gasteiger partial charge in [-0.05, 0) is 23.8 Å². The molecular formula is C17H19ClN2O4S2. The van der Waals surface area contributed by atoms with Gasteiger partial charge in [0.25, 0.3) is 10.0 Å². The number of hydrogen-bond donors (Lipinski definition) is 1. The van der Waals surface area contributed by atoms with E-state index in [0.29, 0.717) is 31.3 Å². The van der Waals surface area contributed by atoms with E-state index in [0.717, 1.165) is 10.4 Å². The minimum absolute atomic E-state index is 0.163. The van der Waals surface area contributed by atoms with Gasteiger partial charge in [-0.3, -0.25) is 4.79 Å². The first-order valence-electron chi connectivity index (χ1n) is 8.13. The monoisotopic (exact) mass is 414 g/mol. The zero-order valence-corrected chi connectivity index (χ0v) is 16.4. The molecule has 6 nitrogen and oxygen atoms in total. The van der Waals surface area contributed by atoms with E-state index in [1.807, 2.05) is 12.1 Å². The van der Waals surface area contributed by atoms with Crippen LogP contribution in [0.1, 0.15) is 10.4 Å². The Labute approximate surface area is 161 Å². The normalized spacial score (nSPS) is 15.7. The van der Waals surface area contributed by atoms with E-state index in [4.69, 9.17) is 16.3 Å². The minimum Gasteiger partial charge on any atom is -0.379 e. The lowest BCUT2D eigenvalue weighted by molar-refractivity contribution is -0.120. The average molecular weight is 415 g/mol. The molecule has 26 heavy (non-hydrogen) atoms. The number of sulfonamides is 1. The molecule has 1 amide bonds. The molecule has 1 aliphatic heterocycles. The van der Waals surface area contributed by atoms with Gasteiger partial charge in [-0.15, -0.1) is 11.3 Å². The number of carbonyl (C=O) groups excluding carboxylic acids is 1. The molecule has 2 aromatic rings. The summed E-state index contributed by atoms with van der Waals surface area (Å²) in [6.45, 7) is 1.84. The molecule has 1 aromatic heterocycles. The van der Waals surface area contributed by atoms with Crippen molar-refractivity contribution in [3.63, 3.8) is 0 Å². The van der Waals surface area contributed by atoms with Crippen molar-refractivity contribution < 1.29 is 17.9 Å². The van der Waals surface area contributed by atoms with Crippen LogP contribution in [0, 0.1) is 0 Å². The molecule has 0 atom stereocenters. The van der Waals surface area contributed by atoms with Crippen LogP contribution in [0.4, 0.5) is 0 Å². The Kier molecular flexibility index (Phi) is 6.31. The number of nitrogens with one attached hydrogen (secondary N) is 1. The van der Waals surface area contributed by atoms with Crippen molar-refractivity contribution in [1.29, 1.82) is 0 Å². The van der Waals surface area contributed by atoms with Crippen molar-refractivity contribution in [1.82, 2.24) is 9.62 Å². The Balaban J connectivity index is 1.58. The van der Waals surface area contributed by atoms with Crippen molar-refractivity contribution in [2.75, 3.05) is 26.3 Å². The Bertz CT molecular complexity index is 876. The van der Waals surface area contributed by atoms with E-state index < -0.39 is 10.0 Å². The Morgan fingerprint density at radius 3 is 2.65 bits per heavy atom. The van der Waals surface area contributed by atoms with E-state index >= 15 is 0 Å². The summed E-state index contributed by atoms with van der Waals surface area (Å²) in [5.74, 6) is -0.163. The van der Waals surface area contributed by atoms with Crippen LogP contribution >= 0.6 is 22.9 Å². The van der Waals surface area contributed by atoms with Gasteiger partial charge >= 0.3 is 0 Å². The molecule has 3 rings (SSSR count). The number of morpholine rings is 1. The molecule has 0 unspecified atom stereocenters. The first-order valence-corrected chi connectivity index (χ1v) is 10.8. The van der Waals surface area contributed by atoms with Crippen LogP contribution in [-0.2, 0) is 32.5 Å². The molecule has 1 aromatic carbocycles. The maximum atomic E-state index is 12.6. The van der Waals surface area contributed by atoms with Crippen LogP contribution in [0.5, 0.6) is 0 Å². The number of thiophene rings is 1. The molecule has 1 fully saturated rings. The number of halogens is 1. The molecule has 9 heteroatoms. The van der Waals surface area contributed by atoms with E-state index in [1.54, 1.807) is 24.3 Å². The van der Waals surface area contributed by atoms with E-state index in [2.05, 4.69) is 5.32 Å². The number of benzene rings is 1. The van der Waals surface area contributed by atoms with Gasteiger partial charge < -0.3 is 10.1 Å². The summed E-state index contributed by atoms with van der Waals surface area (Å²) in [5, 5.41) is 3.36. The molecule has 0 aliphatic carbocycles. The highest BCUT2D eigenvalue weighted by atomic mass is 35.5. The number of ether oxygens (including phenoxy) is 1. The highest BCUT2D eigenvalue weighted by Crippen LogP contribution is 2.25. The van der Waals surface area contributed by atoms with Crippen LogP contribution in [-0.4, -0.2) is 44.9 Å². The summed E-state index contributed by atoms with van der Waals surface area (Å²) in [5.41, 5.74) is 0.758. The molecule has 0 radical (unpaired) electrons. The minimum atomic E-state index is -3.49. The molecule has 2 heterocycles. The first-order chi connectivity index (χ1) is 12.5. The van der Waals surface area contributed by atoms with Crippen molar-refractivity contribution in [2.45, 2.75) is 17.2 Å². The summed E-state index contributed by atoms with van der Waals surface area (Å²) in [6, 6.07) is 10.5. The maximum absolute atomic E-state index is 12.6. The predicted octanol–water partition coefficient (Wildman–Crippen LogP) is 2.28. The number of rotatable bonds is 6. The molecule has 1 aliphatic rings. The van der Waals surface area contributed by atoms with Gasteiger partial charge in [0.05, 0.1) is 26.2 Å². The van der Waals surface area contributed by atoms with E-state index in [1.165, 1.54) is 15.6 Å². The number of amides is 1. The first kappa shape index (κ1) is 19.3. The topological polar surface area (TPSA) is 75.7 Å². The van der Waals surface area contributed by atoms with Gasteiger partial charge in [-0.25, -0.2) is 8.42 Å². The summed E-state index contributed by atoms with van der Waals surface area (Å²) in [4.78, 5) is 12.9. The smallest absolute Gasteiger partial charge is 0.252 e. The van der Waals surface area contributed by atoms with Crippen LogP contribution in [0.25, 0.3) is 0 Å². The van der Waals surface area contributed by atoms with Crippen molar-refractivity contribution in [3.8, 4) is 0 Å². The third kappa shape index (κ3) is 4.63. The fourth-order valence-electron chi connectivity index (χ4n) is 2.57. The van der Waals surface area contributed by atoms with Gasteiger partial charge in [0.15, 0.2) is 0 Å². The largest absolute Gasteiger partial charge is 0.379 e. The Hall–Kier alpha value is -1.45. The molecule has 1 N–H and O–H groups in total. The molecule has 140 valence electrons. The third-order valence-electron chi connectivity index (χ3n) is 3.97. The Morgan fingerprint density at radius 2 is 1.92 bits per heavy atom. The number of carbonyl (C=O) groups is 1. The summed E-state index contributed by atoms with van der Waals surface area (Å²) >= 11 is 7.23. The lowest BCUT2D eigenvalue weighted by Gasteiger charge is -2.25. The highest BCUT2D eigenvalue weighted by Gasteiger charge is 2.27. The van der Waals surface area contributed by atoms with Gasteiger partial charge in [0, 0.05) is 23.0 Å². The van der Waals surface area contributed by atoms with Crippen molar-refractivity contribution in [3.05, 3.63) is 51.9 Å². The van der Waals surface area contributed by atoms with Crippen molar-refractivity contribution >= 4 is 38.9 Å². The van der Waals surface area contributed by atoms with E-state index in [-0.39, 0.29) is 23.1 Å². The number of nitrogens with zero attached hydrogens (tertiary/aromatic N) is 1. The second-order valence-corrected chi connectivity index (χ2v) is 9.52. The Morgan fingerprint density at radius 1 is 1.19 bits per heavy atom. The average Bonchev–Trinajstić information content (AvgIpc) is 3.13. The fourth-order valence-corrected chi connectivity index (χ4v) is 5.63. The van der Waals surface area contributed by atoms with Gasteiger partial charge in [0.2, 0.25) is 5.91 Å². The summed E-state index contributed by atoms with van der Waals surface area (Å²) < 4.78 is 32.1. The molecule has 0 bridgehead atoms. The molecule has 1 saturated heterocycles. The maximum Gasteiger partial charge on any atom is 0.252 e. The zero-order valence-electron chi connectivity index (χ0n) is 14.0. The standard InChI is InChI=1S/C17H19ClN2O4S2/c18-15-4-2-1-3-13(15)11-16(21)19-12-14-5-6-17(25-14)26(22,23)20-7-9-24-10-8-20/h1-6H,7-12H2,(H,19,21). The number of hydrogen-bond acceptors (Lipinski definition) is 5. The van der Waals surface area contributed by atoms with Gasteiger partial charge in [-0.1, -0.05) is 29.8 Å². The third-order valence-corrected chi connectivity index (χ3v) is 7.79.